The minimum absolute atomic E-state index is 0.0192. The van der Waals surface area contributed by atoms with Crippen LogP contribution < -0.4 is 0 Å². The largest absolute Gasteiger partial charge is 0.336 e. The second-order valence-electron chi connectivity index (χ2n) is 5.25. The molecule has 0 amide bonds. The normalized spacial score (nSPS) is 12.1. The number of nitrogens with zero attached hydrogens (tertiary/aromatic N) is 2. The van der Waals surface area contributed by atoms with Gasteiger partial charge in [0.25, 0.3) is 0 Å². The summed E-state index contributed by atoms with van der Waals surface area (Å²) in [6.07, 6.45) is 5.24. The number of Topliss-reactive ketones (excluding diaryl/α,β-unsaturated/α-hetero) is 1. The smallest absolute Gasteiger partial charge is 0.172 e. The molecule has 2 aromatic carbocycles. The van der Waals surface area contributed by atoms with Crippen LogP contribution in [-0.4, -0.2) is 15.3 Å². The lowest BCUT2D eigenvalue weighted by Gasteiger charge is -2.17. The lowest BCUT2D eigenvalue weighted by atomic mass is 9.90. The van der Waals surface area contributed by atoms with Gasteiger partial charge in [-0.25, -0.2) is 4.98 Å². The van der Waals surface area contributed by atoms with Gasteiger partial charge in [0.1, 0.15) is 0 Å². The molecule has 0 saturated carbocycles. The van der Waals surface area contributed by atoms with Crippen LogP contribution in [0.5, 0.6) is 0 Å². The summed E-state index contributed by atoms with van der Waals surface area (Å²) in [7, 11) is 0. The van der Waals surface area contributed by atoms with Crippen molar-refractivity contribution in [3.8, 4) is 0 Å². The Kier molecular flexibility index (Phi) is 4.79. The molecule has 0 radical (unpaired) electrons. The van der Waals surface area contributed by atoms with Crippen molar-refractivity contribution in [2.45, 2.75) is 12.5 Å². The first-order valence-electron chi connectivity index (χ1n) is 7.14. The number of halogens is 2. The Morgan fingerprint density at radius 1 is 1.09 bits per heavy atom. The molecule has 3 aromatic rings. The van der Waals surface area contributed by atoms with Gasteiger partial charge in [-0.05, 0) is 23.8 Å². The first kappa shape index (κ1) is 15.8. The van der Waals surface area contributed by atoms with E-state index in [2.05, 4.69) is 4.98 Å². The first-order valence-corrected chi connectivity index (χ1v) is 7.90. The Labute approximate surface area is 144 Å². The summed E-state index contributed by atoms with van der Waals surface area (Å²) in [5, 5.41) is 0.908. The van der Waals surface area contributed by atoms with Crippen molar-refractivity contribution in [3.63, 3.8) is 0 Å². The molecule has 0 spiro atoms. The number of aromatic nitrogens is 2. The lowest BCUT2D eigenvalue weighted by Crippen LogP contribution is -2.18. The van der Waals surface area contributed by atoms with E-state index in [1.165, 1.54) is 0 Å². The zero-order chi connectivity index (χ0) is 16.2. The quantitative estimate of drug-likeness (QED) is 0.619. The average molecular weight is 345 g/mol. The van der Waals surface area contributed by atoms with E-state index < -0.39 is 0 Å². The number of carbonyl (C=O) groups excluding carboxylic acids is 1. The molecule has 0 N–H and O–H groups in total. The third-order valence-corrected chi connectivity index (χ3v) is 4.05. The second kappa shape index (κ2) is 6.99. The molecular weight excluding hydrogens is 331 g/mol. The monoisotopic (exact) mass is 344 g/mol. The lowest BCUT2D eigenvalue weighted by molar-refractivity contribution is 0.0951. The van der Waals surface area contributed by atoms with Gasteiger partial charge in [-0.15, -0.1) is 0 Å². The third-order valence-electron chi connectivity index (χ3n) is 3.62. The highest BCUT2D eigenvalue weighted by molar-refractivity contribution is 6.35. The minimum Gasteiger partial charge on any atom is -0.336 e. The standard InChI is InChI=1S/C18H14Cl2N2O/c19-15-8-14(9-16(20)10-15)18(23)17(11-22-7-6-21-12-22)13-4-2-1-3-5-13/h1-10,12,17H,11H2. The molecule has 5 heteroatoms. The molecule has 1 heterocycles. The van der Waals surface area contributed by atoms with Gasteiger partial charge in [0, 0.05) is 34.5 Å². The van der Waals surface area contributed by atoms with Crippen molar-refractivity contribution in [1.82, 2.24) is 9.55 Å². The van der Waals surface area contributed by atoms with Crippen molar-refractivity contribution >= 4 is 29.0 Å². The van der Waals surface area contributed by atoms with Crippen LogP contribution in [0.4, 0.5) is 0 Å². The molecule has 0 aliphatic rings. The Bertz CT molecular complexity index is 781. The molecule has 1 atom stereocenters. The van der Waals surface area contributed by atoms with E-state index in [0.29, 0.717) is 22.2 Å². The molecule has 0 bridgehead atoms. The van der Waals surface area contributed by atoms with E-state index in [4.69, 9.17) is 23.2 Å². The number of carbonyl (C=O) groups is 1. The maximum absolute atomic E-state index is 13.0. The van der Waals surface area contributed by atoms with Crippen LogP contribution in [-0.2, 0) is 6.54 Å². The first-order chi connectivity index (χ1) is 11.1. The molecule has 3 rings (SSSR count). The van der Waals surface area contributed by atoms with Crippen LogP contribution in [0.25, 0.3) is 0 Å². The van der Waals surface area contributed by atoms with E-state index >= 15 is 0 Å². The average Bonchev–Trinajstić information content (AvgIpc) is 3.05. The van der Waals surface area contributed by atoms with Gasteiger partial charge in [0.05, 0.1) is 12.2 Å². The predicted molar refractivity (Wildman–Crippen MR) is 92.2 cm³/mol. The van der Waals surface area contributed by atoms with E-state index in [-0.39, 0.29) is 11.7 Å². The predicted octanol–water partition coefficient (Wildman–Crippen LogP) is 4.86. The summed E-state index contributed by atoms with van der Waals surface area (Å²) >= 11 is 12.1. The van der Waals surface area contributed by atoms with Crippen molar-refractivity contribution in [2.75, 3.05) is 0 Å². The Hall–Kier alpha value is -2.10. The summed E-state index contributed by atoms with van der Waals surface area (Å²) in [4.78, 5) is 17.1. The summed E-state index contributed by atoms with van der Waals surface area (Å²) in [5.74, 6) is -0.353. The molecule has 0 aliphatic carbocycles. The summed E-state index contributed by atoms with van der Waals surface area (Å²) in [6.45, 7) is 0.507. The molecule has 116 valence electrons. The molecule has 3 nitrogen and oxygen atoms in total. The van der Waals surface area contributed by atoms with Crippen LogP contribution >= 0.6 is 23.2 Å². The Balaban J connectivity index is 1.98. The molecule has 1 unspecified atom stereocenters. The number of hydrogen-bond acceptors (Lipinski definition) is 2. The van der Waals surface area contributed by atoms with Gasteiger partial charge < -0.3 is 4.57 Å². The van der Waals surface area contributed by atoms with Crippen molar-refractivity contribution in [3.05, 3.63) is 88.4 Å². The van der Waals surface area contributed by atoms with Crippen molar-refractivity contribution in [2.24, 2.45) is 0 Å². The van der Waals surface area contributed by atoms with Gasteiger partial charge in [0.15, 0.2) is 5.78 Å². The highest BCUT2D eigenvalue weighted by atomic mass is 35.5. The molecule has 23 heavy (non-hydrogen) atoms. The van der Waals surface area contributed by atoms with Crippen LogP contribution in [0.15, 0.2) is 67.3 Å². The van der Waals surface area contributed by atoms with Crippen LogP contribution in [0, 0.1) is 0 Å². The highest BCUT2D eigenvalue weighted by Gasteiger charge is 2.23. The number of rotatable bonds is 5. The van der Waals surface area contributed by atoms with E-state index in [1.807, 2.05) is 41.1 Å². The zero-order valence-electron chi connectivity index (χ0n) is 12.2. The van der Waals surface area contributed by atoms with E-state index in [1.54, 1.807) is 30.7 Å². The SMILES string of the molecule is O=C(c1cc(Cl)cc(Cl)c1)C(Cn1ccnc1)c1ccccc1. The molecule has 1 aromatic heterocycles. The van der Waals surface area contributed by atoms with Crippen molar-refractivity contribution < 1.29 is 4.79 Å². The van der Waals surface area contributed by atoms with Gasteiger partial charge in [-0.3, -0.25) is 4.79 Å². The topological polar surface area (TPSA) is 34.9 Å². The third kappa shape index (κ3) is 3.81. The minimum atomic E-state index is -0.333. The molecule has 0 saturated heterocycles. The number of imidazole rings is 1. The van der Waals surface area contributed by atoms with E-state index in [0.717, 1.165) is 5.56 Å². The fourth-order valence-corrected chi connectivity index (χ4v) is 3.05. The van der Waals surface area contributed by atoms with Gasteiger partial charge in [-0.2, -0.15) is 0 Å². The number of hydrogen-bond donors (Lipinski definition) is 0. The Morgan fingerprint density at radius 3 is 2.39 bits per heavy atom. The number of ketones is 1. The second-order valence-corrected chi connectivity index (χ2v) is 6.12. The maximum atomic E-state index is 13.0. The molecular formula is C18H14Cl2N2O. The van der Waals surface area contributed by atoms with Crippen LogP contribution in [0.1, 0.15) is 21.8 Å². The molecule has 0 aliphatic heterocycles. The van der Waals surface area contributed by atoms with Crippen LogP contribution in [0.3, 0.4) is 0 Å². The summed E-state index contributed by atoms with van der Waals surface area (Å²) in [6, 6.07) is 14.6. The molecule has 0 fully saturated rings. The highest BCUT2D eigenvalue weighted by Crippen LogP contribution is 2.26. The van der Waals surface area contributed by atoms with Crippen LogP contribution in [0.2, 0.25) is 10.0 Å². The van der Waals surface area contributed by atoms with Crippen molar-refractivity contribution in [1.29, 1.82) is 0 Å². The van der Waals surface area contributed by atoms with Gasteiger partial charge in [-0.1, -0.05) is 53.5 Å². The van der Waals surface area contributed by atoms with Gasteiger partial charge >= 0.3 is 0 Å². The summed E-state index contributed by atoms with van der Waals surface area (Å²) in [5.41, 5.74) is 1.46. The number of benzene rings is 2. The van der Waals surface area contributed by atoms with Gasteiger partial charge in [0.2, 0.25) is 0 Å². The maximum Gasteiger partial charge on any atom is 0.172 e. The zero-order valence-corrected chi connectivity index (χ0v) is 13.7. The fraction of sp³-hybridized carbons (Fsp3) is 0.111. The van der Waals surface area contributed by atoms with E-state index in [9.17, 15) is 4.79 Å². The Morgan fingerprint density at radius 2 is 1.78 bits per heavy atom. The summed E-state index contributed by atoms with van der Waals surface area (Å²) < 4.78 is 1.89. The fourth-order valence-electron chi connectivity index (χ4n) is 2.53.